The van der Waals surface area contributed by atoms with E-state index in [-0.39, 0.29) is 0 Å². The molecule has 0 unspecified atom stereocenters. The summed E-state index contributed by atoms with van der Waals surface area (Å²) in [7, 11) is 0. The van der Waals surface area contributed by atoms with Gasteiger partial charge in [0.05, 0.1) is 0 Å². The van der Waals surface area contributed by atoms with E-state index in [9.17, 15) is 0 Å². The molecule has 0 N–H and O–H groups in total. The van der Waals surface area contributed by atoms with Gasteiger partial charge in [0, 0.05) is 16.7 Å². The van der Waals surface area contributed by atoms with Gasteiger partial charge < -0.3 is 0 Å². The van der Waals surface area contributed by atoms with Gasteiger partial charge >= 0.3 is 0 Å². The van der Waals surface area contributed by atoms with Crippen LogP contribution in [0.15, 0.2) is 176 Å². The summed E-state index contributed by atoms with van der Waals surface area (Å²) in [5.74, 6) is 1.94. The van der Waals surface area contributed by atoms with Crippen LogP contribution in [0.3, 0.4) is 0 Å². The lowest BCUT2D eigenvalue weighted by molar-refractivity contribution is 1.08. The Labute approximate surface area is 278 Å². The van der Waals surface area contributed by atoms with E-state index in [1.807, 2.05) is 6.07 Å². The van der Waals surface area contributed by atoms with Gasteiger partial charge in [0.2, 0.25) is 0 Å². The molecule has 0 fully saturated rings. The van der Waals surface area contributed by atoms with Gasteiger partial charge in [-0.15, -0.1) is 0 Å². The minimum Gasteiger partial charge on any atom is -0.208 e. The van der Waals surface area contributed by atoms with Crippen molar-refractivity contribution in [2.24, 2.45) is 0 Å². The van der Waals surface area contributed by atoms with Crippen molar-refractivity contribution >= 4 is 32.3 Å². The van der Waals surface area contributed by atoms with Crippen molar-refractivity contribution in [3.63, 3.8) is 0 Å². The fourth-order valence-electron chi connectivity index (χ4n) is 6.79. The smallest absolute Gasteiger partial charge is 0.164 e. The molecule has 9 rings (SSSR count). The summed E-state index contributed by atoms with van der Waals surface area (Å²) < 4.78 is 0. The van der Waals surface area contributed by atoms with Crippen molar-refractivity contribution in [2.45, 2.75) is 0 Å². The van der Waals surface area contributed by atoms with E-state index in [0.29, 0.717) is 17.5 Å². The van der Waals surface area contributed by atoms with Crippen LogP contribution < -0.4 is 0 Å². The first-order valence-electron chi connectivity index (χ1n) is 16.2. The summed E-state index contributed by atoms with van der Waals surface area (Å²) in [4.78, 5) is 15.6. The second kappa shape index (κ2) is 11.7. The van der Waals surface area contributed by atoms with Gasteiger partial charge in [-0.3, -0.25) is 0 Å². The molecule has 1 aromatic heterocycles. The van der Waals surface area contributed by atoms with Crippen molar-refractivity contribution in [3.05, 3.63) is 176 Å². The van der Waals surface area contributed by atoms with E-state index in [1.54, 1.807) is 0 Å². The highest BCUT2D eigenvalue weighted by atomic mass is 15.0. The van der Waals surface area contributed by atoms with Gasteiger partial charge in [0.1, 0.15) is 0 Å². The van der Waals surface area contributed by atoms with Gasteiger partial charge in [0.25, 0.3) is 0 Å². The number of aromatic nitrogens is 3. The van der Waals surface area contributed by atoms with Crippen LogP contribution >= 0.6 is 0 Å². The third-order valence-electron chi connectivity index (χ3n) is 9.14. The Morgan fingerprint density at radius 3 is 1.38 bits per heavy atom. The van der Waals surface area contributed by atoms with Gasteiger partial charge in [0.15, 0.2) is 17.5 Å². The molecule has 3 nitrogen and oxygen atoms in total. The third-order valence-corrected chi connectivity index (χ3v) is 9.14. The number of hydrogen-bond acceptors (Lipinski definition) is 3. The van der Waals surface area contributed by atoms with Crippen LogP contribution in [0, 0.1) is 0 Å². The average molecular weight is 612 g/mol. The zero-order valence-corrected chi connectivity index (χ0v) is 26.1. The maximum Gasteiger partial charge on any atom is 0.164 e. The predicted octanol–water partition coefficient (Wildman–Crippen LogP) is 11.7. The lowest BCUT2D eigenvalue weighted by Gasteiger charge is -2.14. The minimum atomic E-state index is 0.642. The number of hydrogen-bond donors (Lipinski definition) is 0. The maximum absolute atomic E-state index is 5.25. The molecule has 0 saturated heterocycles. The molecule has 0 aliphatic carbocycles. The van der Waals surface area contributed by atoms with Gasteiger partial charge in [-0.2, -0.15) is 0 Å². The van der Waals surface area contributed by atoms with Gasteiger partial charge in [-0.05, 0) is 66.7 Å². The normalized spacial score (nSPS) is 11.3. The standard InChI is InChI=1S/C45H29N3/c1-3-13-30(14-4-1)31-23-25-33(26-24-31)43-46-44(41-28-27-36(32-15-5-2-6-16-32)38-20-9-11-21-39(38)41)48-45(47-43)42-29-34-17-7-8-18-35(34)37-19-10-12-22-40(37)42/h1-29H. The Morgan fingerprint density at radius 2 is 0.688 bits per heavy atom. The van der Waals surface area contributed by atoms with Crippen molar-refractivity contribution in [2.75, 3.05) is 0 Å². The van der Waals surface area contributed by atoms with Crippen LogP contribution in [0.2, 0.25) is 0 Å². The summed E-state index contributed by atoms with van der Waals surface area (Å²) in [5.41, 5.74) is 7.59. The summed E-state index contributed by atoms with van der Waals surface area (Å²) in [6.45, 7) is 0. The van der Waals surface area contributed by atoms with E-state index in [4.69, 9.17) is 15.0 Å². The van der Waals surface area contributed by atoms with Gasteiger partial charge in [-0.25, -0.2) is 15.0 Å². The van der Waals surface area contributed by atoms with Crippen molar-refractivity contribution in [1.82, 2.24) is 15.0 Å². The third kappa shape index (κ3) is 4.90. The summed E-state index contributed by atoms with van der Waals surface area (Å²) >= 11 is 0. The van der Waals surface area contributed by atoms with Crippen molar-refractivity contribution in [1.29, 1.82) is 0 Å². The zero-order valence-electron chi connectivity index (χ0n) is 26.1. The fraction of sp³-hybridized carbons (Fsp3) is 0. The Morgan fingerprint density at radius 1 is 0.250 bits per heavy atom. The summed E-state index contributed by atoms with van der Waals surface area (Å²) in [6, 6.07) is 61.6. The van der Waals surface area contributed by atoms with E-state index >= 15 is 0 Å². The van der Waals surface area contributed by atoms with Crippen LogP contribution in [0.1, 0.15) is 0 Å². The maximum atomic E-state index is 5.25. The van der Waals surface area contributed by atoms with Crippen LogP contribution in [-0.2, 0) is 0 Å². The number of fused-ring (bicyclic) bond motifs is 4. The molecule has 0 spiro atoms. The highest BCUT2D eigenvalue weighted by Crippen LogP contribution is 2.38. The summed E-state index contributed by atoms with van der Waals surface area (Å²) in [5, 5.41) is 6.92. The number of nitrogens with zero attached hydrogens (tertiary/aromatic N) is 3. The second-order valence-corrected chi connectivity index (χ2v) is 12.0. The van der Waals surface area contributed by atoms with Crippen molar-refractivity contribution < 1.29 is 0 Å². The molecule has 224 valence electrons. The summed E-state index contributed by atoms with van der Waals surface area (Å²) in [6.07, 6.45) is 0. The van der Waals surface area contributed by atoms with E-state index in [0.717, 1.165) is 43.8 Å². The first kappa shape index (κ1) is 27.8. The Kier molecular flexibility index (Phi) is 6.80. The van der Waals surface area contributed by atoms with Crippen LogP contribution in [0.4, 0.5) is 0 Å². The van der Waals surface area contributed by atoms with Crippen LogP contribution in [0.5, 0.6) is 0 Å². The first-order valence-corrected chi connectivity index (χ1v) is 16.2. The Balaban J connectivity index is 1.29. The van der Waals surface area contributed by atoms with E-state index in [2.05, 4.69) is 170 Å². The topological polar surface area (TPSA) is 38.7 Å². The highest BCUT2D eigenvalue weighted by Gasteiger charge is 2.18. The largest absolute Gasteiger partial charge is 0.208 e. The molecule has 8 aromatic carbocycles. The molecular formula is C45H29N3. The molecule has 48 heavy (non-hydrogen) atoms. The van der Waals surface area contributed by atoms with E-state index in [1.165, 1.54) is 27.5 Å². The lowest BCUT2D eigenvalue weighted by Crippen LogP contribution is -2.01. The van der Waals surface area contributed by atoms with Crippen molar-refractivity contribution in [3.8, 4) is 56.4 Å². The van der Waals surface area contributed by atoms with E-state index < -0.39 is 0 Å². The number of rotatable bonds is 5. The molecule has 3 heteroatoms. The molecule has 1 heterocycles. The molecule has 0 bridgehead atoms. The Bertz CT molecular complexity index is 2590. The fourth-order valence-corrected chi connectivity index (χ4v) is 6.79. The monoisotopic (exact) mass is 611 g/mol. The van der Waals surface area contributed by atoms with Crippen LogP contribution in [-0.4, -0.2) is 15.0 Å². The average Bonchev–Trinajstić information content (AvgIpc) is 3.17. The predicted molar refractivity (Wildman–Crippen MR) is 200 cm³/mol. The quantitative estimate of drug-likeness (QED) is 0.182. The van der Waals surface area contributed by atoms with Gasteiger partial charge in [-0.1, -0.05) is 164 Å². The Hall–Kier alpha value is -6.45. The second-order valence-electron chi connectivity index (χ2n) is 12.0. The zero-order chi connectivity index (χ0) is 31.9. The first-order chi connectivity index (χ1) is 23.8. The molecule has 0 saturated carbocycles. The SMILES string of the molecule is c1ccc(-c2ccc(-c3nc(-c4ccc(-c5ccccc5)c5ccccc45)nc(-c4cc5ccccc5c5ccccc45)n3)cc2)cc1. The molecular weight excluding hydrogens is 583 g/mol. The molecule has 0 radical (unpaired) electrons. The lowest BCUT2D eigenvalue weighted by atomic mass is 9.94. The molecule has 9 aromatic rings. The highest BCUT2D eigenvalue weighted by molar-refractivity contribution is 6.13. The van der Waals surface area contributed by atoms with Crippen LogP contribution in [0.25, 0.3) is 88.7 Å². The minimum absolute atomic E-state index is 0.642. The number of benzene rings is 8. The molecule has 0 atom stereocenters. The molecule has 0 aliphatic rings. The molecule has 0 amide bonds. The molecule has 0 aliphatic heterocycles.